The highest BCUT2D eigenvalue weighted by atomic mass is 127. The molecule has 5 nitrogen and oxygen atoms in total. The van der Waals surface area contributed by atoms with E-state index in [1.54, 1.807) is 22.6 Å². The molecule has 9 heteroatoms. The number of nitrogens with zero attached hydrogens (tertiary/aromatic N) is 1. The number of aromatic nitrogens is 1. The van der Waals surface area contributed by atoms with E-state index >= 15 is 0 Å². The molecule has 0 saturated heterocycles. The van der Waals surface area contributed by atoms with Crippen molar-refractivity contribution in [1.82, 2.24) is 4.98 Å². The zero-order chi connectivity index (χ0) is 13.9. The van der Waals surface area contributed by atoms with Gasteiger partial charge in [0.2, 0.25) is 0 Å². The SMILES string of the molecule is NCc1cnc(I)c(CC(=O)O)c1OC(F)(F)F. The summed E-state index contributed by atoms with van der Waals surface area (Å²) in [5, 5.41) is 8.68. The fourth-order valence-electron chi connectivity index (χ4n) is 1.25. The van der Waals surface area contributed by atoms with Crippen LogP contribution in [0.3, 0.4) is 0 Å². The van der Waals surface area contributed by atoms with Gasteiger partial charge >= 0.3 is 12.3 Å². The number of halogens is 4. The van der Waals surface area contributed by atoms with Crippen LogP contribution in [-0.4, -0.2) is 22.4 Å². The minimum atomic E-state index is -4.92. The van der Waals surface area contributed by atoms with E-state index in [1.807, 2.05) is 0 Å². The number of carbonyl (C=O) groups is 1. The van der Waals surface area contributed by atoms with Gasteiger partial charge in [0, 0.05) is 23.9 Å². The molecule has 18 heavy (non-hydrogen) atoms. The molecule has 0 saturated carbocycles. The molecule has 0 amide bonds. The van der Waals surface area contributed by atoms with Gasteiger partial charge in [0.25, 0.3) is 0 Å². The summed E-state index contributed by atoms with van der Waals surface area (Å²) in [5.41, 5.74) is 5.15. The normalized spacial score (nSPS) is 11.4. The first-order chi connectivity index (χ1) is 8.24. The summed E-state index contributed by atoms with van der Waals surface area (Å²) in [4.78, 5) is 14.4. The van der Waals surface area contributed by atoms with Crippen molar-refractivity contribution in [2.75, 3.05) is 0 Å². The summed E-state index contributed by atoms with van der Waals surface area (Å²) in [6, 6.07) is 0. The molecule has 0 aliphatic carbocycles. The number of carboxylic acids is 1. The number of alkyl halides is 3. The molecule has 0 aromatic carbocycles. The van der Waals surface area contributed by atoms with E-state index in [0.717, 1.165) is 6.20 Å². The predicted molar refractivity (Wildman–Crippen MR) is 62.9 cm³/mol. The number of nitrogens with two attached hydrogens (primary N) is 1. The Hall–Kier alpha value is -1.10. The molecular weight excluding hydrogens is 368 g/mol. The number of hydrogen-bond donors (Lipinski definition) is 2. The van der Waals surface area contributed by atoms with Crippen molar-refractivity contribution in [2.24, 2.45) is 5.73 Å². The smallest absolute Gasteiger partial charge is 0.481 e. The van der Waals surface area contributed by atoms with Gasteiger partial charge in [0.1, 0.15) is 9.45 Å². The lowest BCUT2D eigenvalue weighted by Crippen LogP contribution is -2.21. The second-order valence-electron chi connectivity index (χ2n) is 3.20. The van der Waals surface area contributed by atoms with Gasteiger partial charge in [0.05, 0.1) is 6.42 Å². The predicted octanol–water partition coefficient (Wildman–Crippen LogP) is 1.67. The fourth-order valence-corrected chi connectivity index (χ4v) is 1.83. The van der Waals surface area contributed by atoms with E-state index in [1.165, 1.54) is 0 Å². The zero-order valence-electron chi connectivity index (χ0n) is 8.79. The van der Waals surface area contributed by atoms with Crippen molar-refractivity contribution in [2.45, 2.75) is 19.3 Å². The lowest BCUT2D eigenvalue weighted by molar-refractivity contribution is -0.275. The molecule has 0 bridgehead atoms. The summed E-state index contributed by atoms with van der Waals surface area (Å²) < 4.78 is 40.8. The van der Waals surface area contributed by atoms with Crippen LogP contribution in [0, 0.1) is 3.70 Å². The number of hydrogen-bond acceptors (Lipinski definition) is 4. The molecule has 1 heterocycles. The topological polar surface area (TPSA) is 85.4 Å². The van der Waals surface area contributed by atoms with Crippen LogP contribution in [0.4, 0.5) is 13.2 Å². The Labute approximate surface area is 113 Å². The average molecular weight is 376 g/mol. The van der Waals surface area contributed by atoms with Crippen molar-refractivity contribution in [3.05, 3.63) is 21.0 Å². The zero-order valence-corrected chi connectivity index (χ0v) is 10.9. The molecule has 0 atom stereocenters. The minimum Gasteiger partial charge on any atom is -0.481 e. The average Bonchev–Trinajstić information content (AvgIpc) is 2.21. The number of aliphatic carboxylic acids is 1. The van der Waals surface area contributed by atoms with Crippen LogP contribution in [-0.2, 0) is 17.8 Å². The molecule has 0 fully saturated rings. The molecule has 1 rings (SSSR count). The Balaban J connectivity index is 3.31. The Morgan fingerprint density at radius 3 is 2.61 bits per heavy atom. The third-order valence-corrected chi connectivity index (χ3v) is 2.84. The largest absolute Gasteiger partial charge is 0.573 e. The third-order valence-electron chi connectivity index (χ3n) is 1.91. The van der Waals surface area contributed by atoms with Crippen LogP contribution < -0.4 is 10.5 Å². The van der Waals surface area contributed by atoms with Gasteiger partial charge in [-0.1, -0.05) is 0 Å². The molecule has 0 aliphatic rings. The van der Waals surface area contributed by atoms with Crippen LogP contribution in [0.15, 0.2) is 6.20 Å². The number of rotatable bonds is 4. The molecule has 3 N–H and O–H groups in total. The molecular formula is C9H8F3IN2O3. The highest BCUT2D eigenvalue weighted by molar-refractivity contribution is 14.1. The number of ether oxygens (including phenoxy) is 1. The minimum absolute atomic E-state index is 0.00370. The van der Waals surface area contributed by atoms with Crippen LogP contribution in [0.2, 0.25) is 0 Å². The maximum absolute atomic E-state index is 12.3. The molecule has 1 aromatic heterocycles. The lowest BCUT2D eigenvalue weighted by Gasteiger charge is -2.16. The summed E-state index contributed by atoms with van der Waals surface area (Å²) in [6.07, 6.45) is -4.40. The number of carboxylic acid groups (broad SMARTS) is 1. The second-order valence-corrected chi connectivity index (χ2v) is 4.23. The van der Waals surface area contributed by atoms with Gasteiger partial charge in [-0.15, -0.1) is 13.2 Å². The Bertz CT molecular complexity index is 465. The van der Waals surface area contributed by atoms with E-state index in [2.05, 4.69) is 9.72 Å². The molecule has 1 aromatic rings. The van der Waals surface area contributed by atoms with Crippen LogP contribution in [0.25, 0.3) is 0 Å². The molecule has 0 spiro atoms. The Kier molecular flexibility index (Phi) is 4.73. The molecule has 0 aliphatic heterocycles. The van der Waals surface area contributed by atoms with E-state index in [9.17, 15) is 18.0 Å². The van der Waals surface area contributed by atoms with Crippen LogP contribution in [0.1, 0.15) is 11.1 Å². The van der Waals surface area contributed by atoms with Crippen molar-refractivity contribution in [3.8, 4) is 5.75 Å². The Morgan fingerprint density at radius 2 is 2.17 bits per heavy atom. The van der Waals surface area contributed by atoms with Crippen molar-refractivity contribution < 1.29 is 27.8 Å². The van der Waals surface area contributed by atoms with Gasteiger partial charge in [-0.25, -0.2) is 4.98 Å². The van der Waals surface area contributed by atoms with Crippen molar-refractivity contribution >= 4 is 28.6 Å². The van der Waals surface area contributed by atoms with Crippen molar-refractivity contribution in [1.29, 1.82) is 0 Å². The fraction of sp³-hybridized carbons (Fsp3) is 0.333. The number of pyridine rings is 1. The maximum atomic E-state index is 12.3. The highest BCUT2D eigenvalue weighted by Gasteiger charge is 2.34. The first-order valence-corrected chi connectivity index (χ1v) is 5.66. The summed E-state index contributed by atoms with van der Waals surface area (Å²) in [5.74, 6) is -1.86. The van der Waals surface area contributed by atoms with E-state index in [4.69, 9.17) is 10.8 Å². The monoisotopic (exact) mass is 376 g/mol. The maximum Gasteiger partial charge on any atom is 0.573 e. The van der Waals surface area contributed by atoms with E-state index in [0.29, 0.717) is 0 Å². The standard InChI is InChI=1S/C9H8F3IN2O3/c10-9(11,12)18-7-4(2-14)3-15-8(13)5(7)1-6(16)17/h3H,1-2,14H2,(H,16,17). The summed E-state index contributed by atoms with van der Waals surface area (Å²) in [7, 11) is 0. The summed E-state index contributed by atoms with van der Waals surface area (Å²) >= 11 is 1.64. The van der Waals surface area contributed by atoms with Crippen molar-refractivity contribution in [3.63, 3.8) is 0 Å². The third kappa shape index (κ3) is 3.98. The second kappa shape index (κ2) is 5.69. The van der Waals surface area contributed by atoms with Crippen LogP contribution >= 0.6 is 22.6 Å². The van der Waals surface area contributed by atoms with E-state index in [-0.39, 0.29) is 21.4 Å². The summed E-state index contributed by atoms with van der Waals surface area (Å²) in [6.45, 7) is -0.234. The molecule has 0 unspecified atom stereocenters. The van der Waals surface area contributed by atoms with Gasteiger partial charge in [-0.3, -0.25) is 4.79 Å². The van der Waals surface area contributed by atoms with Gasteiger partial charge in [-0.2, -0.15) is 0 Å². The van der Waals surface area contributed by atoms with Crippen LogP contribution in [0.5, 0.6) is 5.75 Å². The first-order valence-electron chi connectivity index (χ1n) is 4.58. The highest BCUT2D eigenvalue weighted by Crippen LogP contribution is 2.32. The Morgan fingerprint density at radius 1 is 1.56 bits per heavy atom. The van der Waals surface area contributed by atoms with E-state index < -0.39 is 24.5 Å². The molecule has 0 radical (unpaired) electrons. The first kappa shape index (κ1) is 15.0. The molecule has 100 valence electrons. The van der Waals surface area contributed by atoms with Gasteiger partial charge < -0.3 is 15.6 Å². The quantitative estimate of drug-likeness (QED) is 0.617. The lowest BCUT2D eigenvalue weighted by atomic mass is 10.1. The van der Waals surface area contributed by atoms with Gasteiger partial charge in [-0.05, 0) is 22.6 Å². The van der Waals surface area contributed by atoms with Gasteiger partial charge in [0.15, 0.2) is 0 Å².